The van der Waals surface area contributed by atoms with E-state index in [9.17, 15) is 0 Å². The summed E-state index contributed by atoms with van der Waals surface area (Å²) < 4.78 is 0. The lowest BCUT2D eigenvalue weighted by Crippen LogP contribution is -1.95. The van der Waals surface area contributed by atoms with Crippen molar-refractivity contribution in [3.05, 3.63) is 21.9 Å². The summed E-state index contributed by atoms with van der Waals surface area (Å²) in [5.41, 5.74) is 1.62. The Morgan fingerprint density at radius 3 is 3.20 bits per heavy atom. The predicted molar refractivity (Wildman–Crippen MR) is 45.5 cm³/mol. The van der Waals surface area contributed by atoms with Crippen LogP contribution >= 0.6 is 11.3 Å². The third kappa shape index (κ3) is 0.891. The van der Waals surface area contributed by atoms with Crippen LogP contribution in [0, 0.1) is 5.92 Å². The van der Waals surface area contributed by atoms with Crippen LogP contribution in [0.2, 0.25) is 0 Å². The summed E-state index contributed by atoms with van der Waals surface area (Å²) in [5, 5.41) is 2.22. The maximum absolute atomic E-state index is 2.29. The third-order valence-corrected chi connectivity index (χ3v) is 3.38. The Balaban J connectivity index is 2.21. The molecule has 0 N–H and O–H groups in total. The zero-order valence-electron chi connectivity index (χ0n) is 6.26. The maximum atomic E-state index is 2.29. The molecule has 0 fully saturated rings. The zero-order valence-corrected chi connectivity index (χ0v) is 7.08. The fraction of sp³-hybridized carbons (Fsp3) is 0.556. The smallest absolute Gasteiger partial charge is 0.00801 e. The largest absolute Gasteiger partial charge is 0.149 e. The Kier molecular flexibility index (Phi) is 1.53. The summed E-state index contributed by atoms with van der Waals surface area (Å²) in [6.07, 6.45) is 4.04. The summed E-state index contributed by atoms with van der Waals surface area (Å²) >= 11 is 1.93. The topological polar surface area (TPSA) is 0 Å². The molecule has 10 heavy (non-hydrogen) atoms. The number of thiophene rings is 1. The highest BCUT2D eigenvalue weighted by molar-refractivity contribution is 7.10. The Bertz CT molecular complexity index is 204. The van der Waals surface area contributed by atoms with Crippen LogP contribution in [-0.4, -0.2) is 0 Å². The van der Waals surface area contributed by atoms with Gasteiger partial charge in [0.1, 0.15) is 0 Å². The summed E-state index contributed by atoms with van der Waals surface area (Å²) in [5.74, 6) is 0.961. The van der Waals surface area contributed by atoms with Crippen LogP contribution in [0.1, 0.15) is 23.8 Å². The van der Waals surface area contributed by atoms with Gasteiger partial charge in [-0.1, -0.05) is 13.3 Å². The van der Waals surface area contributed by atoms with Crippen LogP contribution in [-0.2, 0) is 12.8 Å². The lowest BCUT2D eigenvalue weighted by Gasteiger charge is -2.01. The summed E-state index contributed by atoms with van der Waals surface area (Å²) in [7, 11) is 0. The molecule has 2 rings (SSSR count). The molecule has 0 nitrogen and oxygen atoms in total. The molecule has 0 radical (unpaired) electrons. The van der Waals surface area contributed by atoms with Crippen molar-refractivity contribution < 1.29 is 0 Å². The lowest BCUT2D eigenvalue weighted by atomic mass is 10.0. The Morgan fingerprint density at radius 1 is 1.60 bits per heavy atom. The summed E-state index contributed by atoms with van der Waals surface area (Å²) in [6.45, 7) is 2.29. The molecular weight excluding hydrogens is 140 g/mol. The molecule has 1 heterocycles. The van der Waals surface area contributed by atoms with Gasteiger partial charge in [0.15, 0.2) is 0 Å². The average molecular weight is 152 g/mol. The molecule has 1 atom stereocenters. The van der Waals surface area contributed by atoms with E-state index in [4.69, 9.17) is 0 Å². The predicted octanol–water partition coefficient (Wildman–Crippen LogP) is 2.87. The summed E-state index contributed by atoms with van der Waals surface area (Å²) in [6, 6.07) is 2.29. The standard InChI is InChI=1S/C9H12S/c1-2-7-5-8-3-4-10-9(8)6-7/h3-4,7H,2,5-6H2,1H3. The van der Waals surface area contributed by atoms with Gasteiger partial charge < -0.3 is 0 Å². The van der Waals surface area contributed by atoms with E-state index in [1.165, 1.54) is 19.3 Å². The van der Waals surface area contributed by atoms with Gasteiger partial charge >= 0.3 is 0 Å². The first-order chi connectivity index (χ1) is 4.90. The van der Waals surface area contributed by atoms with E-state index < -0.39 is 0 Å². The molecule has 0 aromatic carbocycles. The van der Waals surface area contributed by atoms with Crippen LogP contribution in [0.5, 0.6) is 0 Å². The van der Waals surface area contributed by atoms with E-state index in [1.54, 1.807) is 10.4 Å². The quantitative estimate of drug-likeness (QED) is 0.580. The molecule has 1 aliphatic rings. The first-order valence-corrected chi connectivity index (χ1v) is 4.83. The van der Waals surface area contributed by atoms with Crippen molar-refractivity contribution in [2.24, 2.45) is 5.92 Å². The monoisotopic (exact) mass is 152 g/mol. The number of hydrogen-bond donors (Lipinski definition) is 0. The van der Waals surface area contributed by atoms with Gasteiger partial charge in [0, 0.05) is 4.88 Å². The fourth-order valence-electron chi connectivity index (χ4n) is 1.66. The van der Waals surface area contributed by atoms with Crippen molar-refractivity contribution >= 4 is 11.3 Å². The molecule has 1 aliphatic carbocycles. The molecule has 1 aromatic heterocycles. The van der Waals surface area contributed by atoms with Gasteiger partial charge in [0.2, 0.25) is 0 Å². The van der Waals surface area contributed by atoms with Crippen LogP contribution in [0.25, 0.3) is 0 Å². The highest BCUT2D eigenvalue weighted by Gasteiger charge is 2.20. The highest BCUT2D eigenvalue weighted by atomic mass is 32.1. The van der Waals surface area contributed by atoms with E-state index in [1.807, 2.05) is 11.3 Å². The molecule has 1 unspecified atom stereocenters. The minimum atomic E-state index is 0.961. The van der Waals surface area contributed by atoms with E-state index in [2.05, 4.69) is 18.4 Å². The van der Waals surface area contributed by atoms with Crippen molar-refractivity contribution in [3.8, 4) is 0 Å². The van der Waals surface area contributed by atoms with Gasteiger partial charge in [-0.3, -0.25) is 0 Å². The van der Waals surface area contributed by atoms with E-state index in [0.717, 1.165) is 5.92 Å². The highest BCUT2D eigenvalue weighted by Crippen LogP contribution is 2.32. The molecular formula is C9H12S. The van der Waals surface area contributed by atoms with Gasteiger partial charge in [-0.05, 0) is 35.8 Å². The molecule has 1 aromatic rings. The molecule has 0 aliphatic heterocycles. The number of rotatable bonds is 1. The molecule has 1 heteroatoms. The van der Waals surface area contributed by atoms with Crippen molar-refractivity contribution in [3.63, 3.8) is 0 Å². The average Bonchev–Trinajstić information content (AvgIpc) is 2.42. The number of hydrogen-bond acceptors (Lipinski definition) is 1. The van der Waals surface area contributed by atoms with Crippen molar-refractivity contribution in [2.75, 3.05) is 0 Å². The van der Waals surface area contributed by atoms with E-state index in [-0.39, 0.29) is 0 Å². The second-order valence-corrected chi connectivity index (χ2v) is 4.05. The SMILES string of the molecule is CCC1Cc2ccsc2C1. The number of fused-ring (bicyclic) bond motifs is 1. The normalized spacial score (nSPS) is 23.1. The second kappa shape index (κ2) is 2.39. The van der Waals surface area contributed by atoms with E-state index >= 15 is 0 Å². The second-order valence-electron chi connectivity index (χ2n) is 3.05. The Labute approximate surface area is 65.9 Å². The van der Waals surface area contributed by atoms with Gasteiger partial charge in [0.05, 0.1) is 0 Å². The molecule has 54 valence electrons. The van der Waals surface area contributed by atoms with Crippen LogP contribution in [0.3, 0.4) is 0 Å². The van der Waals surface area contributed by atoms with Gasteiger partial charge in [-0.15, -0.1) is 11.3 Å². The zero-order chi connectivity index (χ0) is 6.97. The van der Waals surface area contributed by atoms with E-state index in [0.29, 0.717) is 0 Å². The third-order valence-electron chi connectivity index (χ3n) is 2.40. The minimum absolute atomic E-state index is 0.961. The van der Waals surface area contributed by atoms with Crippen molar-refractivity contribution in [1.29, 1.82) is 0 Å². The Morgan fingerprint density at radius 2 is 2.50 bits per heavy atom. The van der Waals surface area contributed by atoms with Gasteiger partial charge in [0.25, 0.3) is 0 Å². The first kappa shape index (κ1) is 6.41. The van der Waals surface area contributed by atoms with Crippen molar-refractivity contribution in [1.82, 2.24) is 0 Å². The minimum Gasteiger partial charge on any atom is -0.149 e. The fourth-order valence-corrected chi connectivity index (χ4v) is 2.69. The van der Waals surface area contributed by atoms with Gasteiger partial charge in [-0.2, -0.15) is 0 Å². The summed E-state index contributed by atoms with van der Waals surface area (Å²) in [4.78, 5) is 1.65. The van der Waals surface area contributed by atoms with Crippen LogP contribution in [0.4, 0.5) is 0 Å². The van der Waals surface area contributed by atoms with Gasteiger partial charge in [-0.25, -0.2) is 0 Å². The van der Waals surface area contributed by atoms with Crippen molar-refractivity contribution in [2.45, 2.75) is 26.2 Å². The molecule has 0 bridgehead atoms. The first-order valence-electron chi connectivity index (χ1n) is 3.95. The molecule has 0 amide bonds. The molecule has 0 saturated heterocycles. The molecule has 0 saturated carbocycles. The van der Waals surface area contributed by atoms with Crippen LogP contribution < -0.4 is 0 Å². The maximum Gasteiger partial charge on any atom is 0.00801 e. The molecule has 0 spiro atoms. The lowest BCUT2D eigenvalue weighted by molar-refractivity contribution is 0.544. The Hall–Kier alpha value is -0.300. The van der Waals surface area contributed by atoms with Crippen LogP contribution in [0.15, 0.2) is 11.4 Å².